The Labute approximate surface area is 215 Å². The number of rotatable bonds is 8. The Morgan fingerprint density at radius 3 is 1.23 bits per heavy atom. The van der Waals surface area contributed by atoms with E-state index in [2.05, 4.69) is 25.3 Å². The third kappa shape index (κ3) is 9.38. The maximum Gasteiger partial charge on any atom is 0.333 e. The molecule has 3 rings (SSSR count). The molecule has 0 spiro atoms. The highest BCUT2D eigenvalue weighted by atomic mass is 32.1. The van der Waals surface area contributed by atoms with Crippen molar-refractivity contribution in [2.24, 2.45) is 0 Å². The summed E-state index contributed by atoms with van der Waals surface area (Å²) in [6.45, 7) is 10.9. The van der Waals surface area contributed by atoms with Crippen molar-refractivity contribution >= 4 is 23.3 Å². The monoisotopic (exact) mass is 496 g/mol. The topological polar surface area (TPSA) is 52.6 Å². The SMILES string of the molecule is C.C.C.C.C=C(C)C(=O)OCc1ccc(-c2ccc(-c3ccc(COC(=O)C(=C)C)cc3)s2)cc1. The van der Waals surface area contributed by atoms with Crippen LogP contribution in [0.3, 0.4) is 0 Å². The van der Waals surface area contributed by atoms with Gasteiger partial charge in [0.15, 0.2) is 0 Å². The molecular weight excluding hydrogens is 456 g/mol. The second-order valence-corrected chi connectivity index (χ2v) is 8.35. The fourth-order valence-electron chi connectivity index (χ4n) is 2.72. The average molecular weight is 497 g/mol. The van der Waals surface area contributed by atoms with Crippen LogP contribution in [0.2, 0.25) is 0 Å². The van der Waals surface area contributed by atoms with Gasteiger partial charge in [0.05, 0.1) is 0 Å². The highest BCUT2D eigenvalue weighted by molar-refractivity contribution is 7.18. The van der Waals surface area contributed by atoms with Crippen LogP contribution >= 0.6 is 11.3 Å². The fourth-order valence-corrected chi connectivity index (χ4v) is 3.74. The molecule has 0 saturated heterocycles. The molecule has 5 heteroatoms. The highest BCUT2D eigenvalue weighted by Gasteiger charge is 2.08. The molecule has 4 nitrogen and oxygen atoms in total. The summed E-state index contributed by atoms with van der Waals surface area (Å²) in [7, 11) is 0. The molecule has 0 saturated carbocycles. The Bertz CT molecular complexity index is 1020. The number of carbonyl (C=O) groups excluding carboxylic acids is 2. The number of esters is 2. The van der Waals surface area contributed by atoms with E-state index in [9.17, 15) is 9.59 Å². The molecule has 35 heavy (non-hydrogen) atoms. The molecule has 1 aromatic heterocycles. The van der Waals surface area contributed by atoms with E-state index in [-0.39, 0.29) is 54.9 Å². The maximum absolute atomic E-state index is 11.5. The summed E-state index contributed by atoms with van der Waals surface area (Å²) in [5, 5.41) is 0. The number of benzene rings is 2. The van der Waals surface area contributed by atoms with Gasteiger partial charge in [0.25, 0.3) is 0 Å². The van der Waals surface area contributed by atoms with Gasteiger partial charge in [-0.15, -0.1) is 11.3 Å². The molecule has 0 aliphatic heterocycles. The van der Waals surface area contributed by atoms with E-state index in [0.29, 0.717) is 11.1 Å². The second kappa shape index (κ2) is 15.5. The lowest BCUT2D eigenvalue weighted by Gasteiger charge is -2.06. The summed E-state index contributed by atoms with van der Waals surface area (Å²) in [6.07, 6.45) is 0. The van der Waals surface area contributed by atoms with Gasteiger partial charge in [0.1, 0.15) is 13.2 Å². The van der Waals surface area contributed by atoms with Crippen molar-refractivity contribution in [1.29, 1.82) is 0 Å². The van der Waals surface area contributed by atoms with Gasteiger partial charge >= 0.3 is 11.9 Å². The molecule has 0 aliphatic rings. The van der Waals surface area contributed by atoms with Crippen molar-refractivity contribution in [2.45, 2.75) is 56.8 Å². The van der Waals surface area contributed by atoms with Crippen LogP contribution in [0.15, 0.2) is 85.0 Å². The van der Waals surface area contributed by atoms with Crippen LogP contribution in [0.1, 0.15) is 54.7 Å². The first kappa shape index (κ1) is 33.7. The van der Waals surface area contributed by atoms with E-state index in [1.54, 1.807) is 25.2 Å². The molecule has 0 fully saturated rings. The number of carbonyl (C=O) groups is 2. The first-order valence-electron chi connectivity index (χ1n) is 9.77. The van der Waals surface area contributed by atoms with Crippen LogP contribution in [-0.4, -0.2) is 11.9 Å². The lowest BCUT2D eigenvalue weighted by Crippen LogP contribution is -2.04. The Morgan fingerprint density at radius 1 is 0.629 bits per heavy atom. The summed E-state index contributed by atoms with van der Waals surface area (Å²) in [6, 6.07) is 20.1. The number of hydrogen-bond donors (Lipinski definition) is 0. The van der Waals surface area contributed by atoms with Crippen LogP contribution in [0.4, 0.5) is 0 Å². The van der Waals surface area contributed by atoms with Gasteiger partial charge in [-0.2, -0.15) is 0 Å². The minimum absolute atomic E-state index is 0. The minimum atomic E-state index is -0.382. The number of thiophene rings is 1. The Hall–Kier alpha value is -3.44. The Kier molecular flexibility index (Phi) is 14.9. The predicted octanol–water partition coefficient (Wildman–Crippen LogP) is 8.87. The van der Waals surface area contributed by atoms with Gasteiger partial charge in [-0.3, -0.25) is 0 Å². The molecule has 0 amide bonds. The molecule has 0 N–H and O–H groups in total. The lowest BCUT2D eigenvalue weighted by atomic mass is 10.1. The Morgan fingerprint density at radius 2 is 0.943 bits per heavy atom. The molecular formula is C30H40O4S. The molecule has 0 aliphatic carbocycles. The normalized spacial score (nSPS) is 9.20. The highest BCUT2D eigenvalue weighted by Crippen LogP contribution is 2.34. The third-order valence-electron chi connectivity index (χ3n) is 4.52. The molecule has 190 valence electrons. The van der Waals surface area contributed by atoms with Crippen molar-refractivity contribution in [1.82, 2.24) is 0 Å². The predicted molar refractivity (Wildman–Crippen MR) is 151 cm³/mol. The van der Waals surface area contributed by atoms with Crippen molar-refractivity contribution in [3.8, 4) is 20.9 Å². The third-order valence-corrected chi connectivity index (χ3v) is 5.70. The van der Waals surface area contributed by atoms with Crippen molar-refractivity contribution < 1.29 is 19.1 Å². The molecule has 0 bridgehead atoms. The molecule has 2 aromatic carbocycles. The molecule has 1 heterocycles. The van der Waals surface area contributed by atoms with Crippen LogP contribution in [0.5, 0.6) is 0 Å². The quantitative estimate of drug-likeness (QED) is 0.231. The standard InChI is InChI=1S/C26H24O4S.4CH4/c1-17(2)25(27)29-15-19-5-9-21(10-6-19)23-13-14-24(31-23)22-11-7-20(8-12-22)16-30-26(28)18(3)4;;;;/h5-14H,1,3,15-16H2,2,4H3;4*1H4. The van der Waals surface area contributed by atoms with Crippen molar-refractivity contribution in [3.05, 3.63) is 96.1 Å². The van der Waals surface area contributed by atoms with E-state index in [1.807, 2.05) is 48.5 Å². The van der Waals surface area contributed by atoms with E-state index >= 15 is 0 Å². The number of ether oxygens (including phenoxy) is 2. The van der Waals surface area contributed by atoms with Crippen molar-refractivity contribution in [2.75, 3.05) is 0 Å². The molecule has 0 radical (unpaired) electrons. The smallest absolute Gasteiger partial charge is 0.333 e. The van der Waals surface area contributed by atoms with E-state index in [4.69, 9.17) is 9.47 Å². The van der Waals surface area contributed by atoms with Gasteiger partial charge in [0, 0.05) is 20.9 Å². The second-order valence-electron chi connectivity index (χ2n) is 7.27. The summed E-state index contributed by atoms with van der Waals surface area (Å²) in [5.41, 5.74) is 4.85. The van der Waals surface area contributed by atoms with E-state index < -0.39 is 0 Å². The summed E-state index contributed by atoms with van der Waals surface area (Å²) < 4.78 is 10.4. The van der Waals surface area contributed by atoms with Gasteiger partial charge in [-0.05, 0) is 48.2 Å². The van der Waals surface area contributed by atoms with Gasteiger partial charge in [-0.1, -0.05) is 91.4 Å². The van der Waals surface area contributed by atoms with E-state index in [1.165, 1.54) is 0 Å². The Balaban J connectivity index is 0. The number of hydrogen-bond acceptors (Lipinski definition) is 5. The van der Waals surface area contributed by atoms with Crippen LogP contribution < -0.4 is 0 Å². The van der Waals surface area contributed by atoms with Crippen molar-refractivity contribution in [3.63, 3.8) is 0 Å². The zero-order valence-electron chi connectivity index (χ0n) is 17.6. The van der Waals surface area contributed by atoms with Gasteiger partial charge < -0.3 is 9.47 Å². The summed E-state index contributed by atoms with van der Waals surface area (Å²) in [4.78, 5) is 25.3. The van der Waals surface area contributed by atoms with Gasteiger partial charge in [0.2, 0.25) is 0 Å². The average Bonchev–Trinajstić information content (AvgIpc) is 3.26. The lowest BCUT2D eigenvalue weighted by molar-refractivity contribution is -0.141. The maximum atomic E-state index is 11.5. The van der Waals surface area contributed by atoms with Crippen LogP contribution in [-0.2, 0) is 32.3 Å². The van der Waals surface area contributed by atoms with Crippen LogP contribution in [0, 0.1) is 0 Å². The molecule has 0 atom stereocenters. The largest absolute Gasteiger partial charge is 0.457 e. The van der Waals surface area contributed by atoms with E-state index in [0.717, 1.165) is 32.0 Å². The summed E-state index contributed by atoms with van der Waals surface area (Å²) in [5.74, 6) is -0.765. The first-order valence-corrected chi connectivity index (χ1v) is 10.6. The fraction of sp³-hybridized carbons (Fsp3) is 0.267. The molecule has 3 aromatic rings. The zero-order valence-corrected chi connectivity index (χ0v) is 18.5. The van der Waals surface area contributed by atoms with Gasteiger partial charge in [-0.25, -0.2) is 9.59 Å². The first-order chi connectivity index (χ1) is 14.8. The molecule has 0 unspecified atom stereocenters. The minimum Gasteiger partial charge on any atom is -0.457 e. The zero-order chi connectivity index (χ0) is 22.4. The van der Waals surface area contributed by atoms with Crippen LogP contribution in [0.25, 0.3) is 20.9 Å². The summed E-state index contributed by atoms with van der Waals surface area (Å²) >= 11 is 1.70.